The van der Waals surface area contributed by atoms with Crippen LogP contribution in [0.3, 0.4) is 0 Å². The molecule has 0 bridgehead atoms. The van der Waals surface area contributed by atoms with Gasteiger partial charge in [0.15, 0.2) is 5.13 Å². The van der Waals surface area contributed by atoms with E-state index in [0.29, 0.717) is 12.4 Å². The first-order valence-corrected chi connectivity index (χ1v) is 10.9. The number of aromatic nitrogens is 3. The number of nitrogens with one attached hydrogen (secondary N) is 1. The molecule has 2 aliphatic heterocycles. The van der Waals surface area contributed by atoms with Crippen LogP contribution in [0.25, 0.3) is 0 Å². The standard InChI is InChI=1S/C21H24N6OS/c28-18-13-27(20-11-19(23-14-24-20)25-21-22-7-10-29-21)9-6-17(18)26-8-5-15-3-1-2-4-16(15)12-26/h1-4,7,10-11,14,17-18,28H,5-6,8-9,12-13H2,(H,22,23,24,25)/t17?,18-/m0/s1. The zero-order valence-corrected chi connectivity index (χ0v) is 16.9. The topological polar surface area (TPSA) is 77.4 Å². The number of nitrogens with zero attached hydrogens (tertiary/aromatic N) is 5. The third-order valence-corrected chi connectivity index (χ3v) is 6.51. The molecule has 0 radical (unpaired) electrons. The van der Waals surface area contributed by atoms with Crippen LogP contribution in [0, 0.1) is 0 Å². The maximum atomic E-state index is 10.9. The van der Waals surface area contributed by atoms with Crippen LogP contribution in [0.5, 0.6) is 0 Å². The molecule has 1 fully saturated rings. The van der Waals surface area contributed by atoms with Crippen LogP contribution in [0.1, 0.15) is 17.5 Å². The lowest BCUT2D eigenvalue weighted by molar-refractivity contribution is 0.0293. The van der Waals surface area contributed by atoms with Crippen LogP contribution in [0.15, 0.2) is 48.2 Å². The van der Waals surface area contributed by atoms with E-state index in [1.165, 1.54) is 22.5 Å². The molecule has 1 unspecified atom stereocenters. The average Bonchev–Trinajstić information content (AvgIpc) is 3.26. The molecule has 2 aliphatic rings. The fourth-order valence-electron chi connectivity index (χ4n) is 4.34. The van der Waals surface area contributed by atoms with Crippen LogP contribution in [0.4, 0.5) is 16.8 Å². The van der Waals surface area contributed by atoms with Gasteiger partial charge in [-0.2, -0.15) is 0 Å². The summed E-state index contributed by atoms with van der Waals surface area (Å²) in [5, 5.41) is 16.9. The number of hydrogen-bond donors (Lipinski definition) is 2. The predicted molar refractivity (Wildman–Crippen MR) is 115 cm³/mol. The molecule has 0 saturated carbocycles. The van der Waals surface area contributed by atoms with Crippen molar-refractivity contribution in [2.45, 2.75) is 31.5 Å². The molecule has 150 valence electrons. The number of aliphatic hydroxyl groups excluding tert-OH is 1. The molecule has 2 aromatic heterocycles. The number of fused-ring (bicyclic) bond motifs is 1. The number of piperidine rings is 1. The van der Waals surface area contributed by atoms with E-state index in [2.05, 4.69) is 54.3 Å². The molecule has 0 aliphatic carbocycles. The van der Waals surface area contributed by atoms with Gasteiger partial charge in [-0.05, 0) is 24.0 Å². The first kappa shape index (κ1) is 18.5. The van der Waals surface area contributed by atoms with Crippen molar-refractivity contribution in [2.75, 3.05) is 29.9 Å². The Morgan fingerprint density at radius 3 is 2.83 bits per heavy atom. The fraction of sp³-hybridized carbons (Fsp3) is 0.381. The highest BCUT2D eigenvalue weighted by molar-refractivity contribution is 7.13. The van der Waals surface area contributed by atoms with E-state index < -0.39 is 6.10 Å². The van der Waals surface area contributed by atoms with Crippen LogP contribution in [0.2, 0.25) is 0 Å². The Morgan fingerprint density at radius 2 is 2.00 bits per heavy atom. The summed E-state index contributed by atoms with van der Waals surface area (Å²) in [5.74, 6) is 1.55. The van der Waals surface area contributed by atoms with Crippen LogP contribution >= 0.6 is 11.3 Å². The number of β-amino-alcohol motifs (C(OH)–C–C–N with tert-alkyl or cyclic N) is 1. The normalized spacial score (nSPS) is 22.3. The Morgan fingerprint density at radius 1 is 1.10 bits per heavy atom. The third-order valence-electron chi connectivity index (χ3n) is 5.82. The minimum absolute atomic E-state index is 0.189. The van der Waals surface area contributed by atoms with E-state index in [4.69, 9.17) is 0 Å². The summed E-state index contributed by atoms with van der Waals surface area (Å²) >= 11 is 1.53. The van der Waals surface area contributed by atoms with Gasteiger partial charge in [0.25, 0.3) is 0 Å². The number of thiazole rings is 1. The summed E-state index contributed by atoms with van der Waals surface area (Å²) in [6.45, 7) is 3.38. The Bertz CT molecular complexity index is 965. The van der Waals surface area contributed by atoms with Gasteiger partial charge in [-0.15, -0.1) is 11.3 Å². The van der Waals surface area contributed by atoms with Gasteiger partial charge in [0, 0.05) is 49.9 Å². The number of anilines is 3. The quantitative estimate of drug-likeness (QED) is 0.687. The predicted octanol–water partition coefficient (Wildman–Crippen LogP) is 2.67. The summed E-state index contributed by atoms with van der Waals surface area (Å²) in [5.41, 5.74) is 2.83. The summed E-state index contributed by atoms with van der Waals surface area (Å²) in [4.78, 5) is 17.5. The van der Waals surface area contributed by atoms with Gasteiger partial charge in [-0.25, -0.2) is 15.0 Å². The second-order valence-electron chi connectivity index (χ2n) is 7.58. The molecule has 8 heteroatoms. The molecule has 0 amide bonds. The fourth-order valence-corrected chi connectivity index (χ4v) is 4.87. The maximum Gasteiger partial charge on any atom is 0.188 e. The Kier molecular flexibility index (Phi) is 5.13. The van der Waals surface area contributed by atoms with E-state index in [-0.39, 0.29) is 6.04 Å². The number of aliphatic hydroxyl groups is 1. The zero-order chi connectivity index (χ0) is 19.6. The first-order valence-electron chi connectivity index (χ1n) is 9.99. The molecule has 29 heavy (non-hydrogen) atoms. The molecular formula is C21H24N6OS. The molecule has 0 spiro atoms. The number of benzene rings is 1. The van der Waals surface area contributed by atoms with Crippen molar-refractivity contribution in [1.29, 1.82) is 0 Å². The molecule has 2 N–H and O–H groups in total. The Labute approximate surface area is 174 Å². The van der Waals surface area contributed by atoms with Gasteiger partial charge in [0.05, 0.1) is 6.10 Å². The zero-order valence-electron chi connectivity index (χ0n) is 16.1. The van der Waals surface area contributed by atoms with E-state index in [9.17, 15) is 5.11 Å². The highest BCUT2D eigenvalue weighted by Crippen LogP contribution is 2.27. The summed E-state index contributed by atoms with van der Waals surface area (Å²) in [7, 11) is 0. The summed E-state index contributed by atoms with van der Waals surface area (Å²) < 4.78 is 0. The highest BCUT2D eigenvalue weighted by atomic mass is 32.1. The van der Waals surface area contributed by atoms with Crippen LogP contribution < -0.4 is 10.2 Å². The van der Waals surface area contributed by atoms with E-state index in [1.807, 2.05) is 11.4 Å². The first-order chi connectivity index (χ1) is 14.3. The number of hydrogen-bond acceptors (Lipinski definition) is 8. The molecule has 2 atom stereocenters. The van der Waals surface area contributed by atoms with Crippen molar-refractivity contribution < 1.29 is 5.11 Å². The monoisotopic (exact) mass is 408 g/mol. The van der Waals surface area contributed by atoms with Gasteiger partial charge >= 0.3 is 0 Å². The minimum atomic E-state index is -0.403. The van der Waals surface area contributed by atoms with E-state index >= 15 is 0 Å². The molecule has 5 rings (SSSR count). The van der Waals surface area contributed by atoms with Crippen molar-refractivity contribution >= 4 is 28.1 Å². The van der Waals surface area contributed by atoms with Gasteiger partial charge < -0.3 is 15.3 Å². The second kappa shape index (κ2) is 8.06. The maximum absolute atomic E-state index is 10.9. The van der Waals surface area contributed by atoms with E-state index in [1.54, 1.807) is 12.5 Å². The minimum Gasteiger partial charge on any atom is -0.390 e. The Balaban J connectivity index is 1.25. The number of rotatable bonds is 4. The van der Waals surface area contributed by atoms with Crippen molar-refractivity contribution in [3.8, 4) is 0 Å². The lowest BCUT2D eigenvalue weighted by atomic mass is 9.94. The SMILES string of the molecule is O[C@H]1CN(c2cc(Nc3nccs3)ncn2)CCC1N1CCc2ccccc2C1. The Hall–Kier alpha value is -2.55. The van der Waals surface area contributed by atoms with E-state index in [0.717, 1.165) is 43.4 Å². The lowest BCUT2D eigenvalue weighted by Gasteiger charge is -2.43. The van der Waals surface area contributed by atoms with Crippen molar-refractivity contribution in [3.63, 3.8) is 0 Å². The van der Waals surface area contributed by atoms with Gasteiger partial charge in [-0.1, -0.05) is 24.3 Å². The van der Waals surface area contributed by atoms with Gasteiger partial charge in [0.1, 0.15) is 18.0 Å². The summed E-state index contributed by atoms with van der Waals surface area (Å²) in [6, 6.07) is 10.8. The molecule has 7 nitrogen and oxygen atoms in total. The van der Waals surface area contributed by atoms with Crippen molar-refractivity contribution in [3.05, 3.63) is 59.4 Å². The summed E-state index contributed by atoms with van der Waals surface area (Å²) in [6.07, 6.45) is 4.89. The van der Waals surface area contributed by atoms with Crippen molar-refractivity contribution in [2.24, 2.45) is 0 Å². The van der Waals surface area contributed by atoms with Crippen molar-refractivity contribution in [1.82, 2.24) is 19.9 Å². The second-order valence-corrected chi connectivity index (χ2v) is 8.48. The molecule has 4 heterocycles. The average molecular weight is 409 g/mol. The molecule has 1 aromatic carbocycles. The highest BCUT2D eigenvalue weighted by Gasteiger charge is 2.34. The van der Waals surface area contributed by atoms with Gasteiger partial charge in [0.2, 0.25) is 0 Å². The third kappa shape index (κ3) is 3.96. The van der Waals surface area contributed by atoms with Crippen LogP contribution in [-0.2, 0) is 13.0 Å². The molecular weight excluding hydrogens is 384 g/mol. The lowest BCUT2D eigenvalue weighted by Crippen LogP contribution is -2.55. The van der Waals surface area contributed by atoms with Gasteiger partial charge in [-0.3, -0.25) is 4.90 Å². The smallest absolute Gasteiger partial charge is 0.188 e. The molecule has 3 aromatic rings. The van der Waals surface area contributed by atoms with Crippen LogP contribution in [-0.4, -0.2) is 56.7 Å². The largest absolute Gasteiger partial charge is 0.390 e. The molecule has 1 saturated heterocycles.